The Morgan fingerprint density at radius 1 is 1.33 bits per heavy atom. The number of benzene rings is 1. The molecular weight excluding hydrogens is 244 g/mol. The van der Waals surface area contributed by atoms with Gasteiger partial charge in [-0.3, -0.25) is 4.79 Å². The van der Waals surface area contributed by atoms with Gasteiger partial charge < -0.3 is 4.74 Å². The Morgan fingerprint density at radius 2 is 2.00 bits per heavy atom. The van der Waals surface area contributed by atoms with E-state index in [1.807, 2.05) is 18.2 Å². The highest BCUT2D eigenvalue weighted by Crippen LogP contribution is 2.41. The van der Waals surface area contributed by atoms with Crippen LogP contribution < -0.4 is 0 Å². The van der Waals surface area contributed by atoms with Crippen LogP contribution >= 0.6 is 11.8 Å². The van der Waals surface area contributed by atoms with Crippen molar-refractivity contribution in [3.8, 4) is 0 Å². The molecule has 1 aromatic carbocycles. The van der Waals surface area contributed by atoms with Crippen molar-refractivity contribution < 1.29 is 9.53 Å². The summed E-state index contributed by atoms with van der Waals surface area (Å²) in [5.74, 6) is 0.273. The zero-order valence-electron chi connectivity index (χ0n) is 10.4. The molecule has 1 heterocycles. The van der Waals surface area contributed by atoms with E-state index in [-0.39, 0.29) is 10.5 Å². The number of carbonyl (C=O) groups excluding carboxylic acids is 1. The van der Waals surface area contributed by atoms with E-state index in [1.54, 1.807) is 17.8 Å². The van der Waals surface area contributed by atoms with Crippen LogP contribution in [0.1, 0.15) is 19.3 Å². The Labute approximate surface area is 112 Å². The second kappa shape index (κ2) is 6.21. The third-order valence-corrected chi connectivity index (χ3v) is 4.73. The predicted molar refractivity (Wildman–Crippen MR) is 74.9 cm³/mol. The molecule has 0 saturated carbocycles. The van der Waals surface area contributed by atoms with Crippen molar-refractivity contribution in [2.75, 3.05) is 13.2 Å². The van der Waals surface area contributed by atoms with Gasteiger partial charge in [-0.25, -0.2) is 0 Å². The van der Waals surface area contributed by atoms with Gasteiger partial charge in [-0.05, 0) is 25.0 Å². The lowest BCUT2D eigenvalue weighted by Crippen LogP contribution is -2.40. The van der Waals surface area contributed by atoms with E-state index < -0.39 is 0 Å². The minimum Gasteiger partial charge on any atom is -0.381 e. The van der Waals surface area contributed by atoms with E-state index in [0.29, 0.717) is 19.6 Å². The van der Waals surface area contributed by atoms with Gasteiger partial charge >= 0.3 is 0 Å². The summed E-state index contributed by atoms with van der Waals surface area (Å²) in [5.41, 5.74) is 0. The molecule has 0 radical (unpaired) electrons. The van der Waals surface area contributed by atoms with Gasteiger partial charge in [0.15, 0.2) is 5.78 Å². The number of hydrogen-bond donors (Lipinski definition) is 0. The van der Waals surface area contributed by atoms with Crippen molar-refractivity contribution in [3.05, 3.63) is 43.0 Å². The normalized spacial score (nSPS) is 18.2. The molecule has 0 atom stereocenters. The second-order valence-electron chi connectivity index (χ2n) is 4.44. The zero-order chi connectivity index (χ0) is 12.8. The van der Waals surface area contributed by atoms with Gasteiger partial charge in [-0.1, -0.05) is 24.3 Å². The minimum absolute atomic E-state index is 0.273. The van der Waals surface area contributed by atoms with Crippen molar-refractivity contribution in [2.45, 2.75) is 28.9 Å². The lowest BCUT2D eigenvalue weighted by atomic mass is 9.92. The minimum atomic E-state index is -0.326. The quantitative estimate of drug-likeness (QED) is 0.760. The summed E-state index contributed by atoms with van der Waals surface area (Å²) in [6.45, 7) is 5.01. The highest BCUT2D eigenvalue weighted by Gasteiger charge is 2.39. The number of allylic oxidation sites excluding steroid dienone is 1. The van der Waals surface area contributed by atoms with Crippen molar-refractivity contribution in [2.24, 2.45) is 0 Å². The van der Waals surface area contributed by atoms with Crippen LogP contribution in [0, 0.1) is 0 Å². The van der Waals surface area contributed by atoms with Crippen LogP contribution in [0.5, 0.6) is 0 Å². The summed E-state index contributed by atoms with van der Waals surface area (Å²) in [7, 11) is 0. The Hall–Kier alpha value is -1.06. The number of ketones is 1. The van der Waals surface area contributed by atoms with E-state index >= 15 is 0 Å². The molecule has 18 heavy (non-hydrogen) atoms. The van der Waals surface area contributed by atoms with Crippen LogP contribution in [0.15, 0.2) is 47.9 Å². The number of Topliss-reactive ketones (excluding diaryl/α,β-unsaturated/α-hetero) is 1. The van der Waals surface area contributed by atoms with Crippen LogP contribution in [0.3, 0.4) is 0 Å². The van der Waals surface area contributed by atoms with E-state index in [4.69, 9.17) is 4.74 Å². The van der Waals surface area contributed by atoms with Gasteiger partial charge in [0.1, 0.15) is 0 Å². The second-order valence-corrected chi connectivity index (χ2v) is 5.89. The third kappa shape index (κ3) is 3.03. The first-order chi connectivity index (χ1) is 8.77. The number of thioether (sulfide) groups is 1. The van der Waals surface area contributed by atoms with E-state index in [0.717, 1.165) is 17.7 Å². The maximum Gasteiger partial charge on any atom is 0.153 e. The topological polar surface area (TPSA) is 26.3 Å². The average molecular weight is 262 g/mol. The Bertz CT molecular complexity index is 408. The first-order valence-corrected chi connectivity index (χ1v) is 7.04. The largest absolute Gasteiger partial charge is 0.381 e. The molecule has 0 unspecified atom stereocenters. The monoisotopic (exact) mass is 262 g/mol. The lowest BCUT2D eigenvalue weighted by molar-refractivity contribution is -0.122. The fraction of sp³-hybridized carbons (Fsp3) is 0.400. The maximum absolute atomic E-state index is 12.4. The van der Waals surface area contributed by atoms with Gasteiger partial charge in [0.2, 0.25) is 0 Å². The van der Waals surface area contributed by atoms with Gasteiger partial charge in [0, 0.05) is 24.5 Å². The van der Waals surface area contributed by atoms with Gasteiger partial charge in [-0.2, -0.15) is 0 Å². The molecule has 2 nitrogen and oxygen atoms in total. The Kier molecular flexibility index (Phi) is 4.61. The number of rotatable bonds is 5. The standard InChI is InChI=1S/C15H18O2S/c1-2-6-14(16)15(9-11-17-12-10-15)18-13-7-4-3-5-8-13/h2-5,7-8H,1,6,9-12H2. The molecule has 0 aromatic heterocycles. The molecule has 1 aromatic rings. The zero-order valence-corrected chi connectivity index (χ0v) is 11.2. The van der Waals surface area contributed by atoms with Crippen LogP contribution in [-0.4, -0.2) is 23.7 Å². The number of ether oxygens (including phenoxy) is 1. The molecule has 1 fully saturated rings. The molecule has 0 bridgehead atoms. The Morgan fingerprint density at radius 3 is 2.61 bits per heavy atom. The average Bonchev–Trinajstić information content (AvgIpc) is 2.41. The van der Waals surface area contributed by atoms with Crippen molar-refractivity contribution in [3.63, 3.8) is 0 Å². The smallest absolute Gasteiger partial charge is 0.153 e. The summed E-state index contributed by atoms with van der Waals surface area (Å²) in [6, 6.07) is 10.1. The molecule has 1 aliphatic heterocycles. The maximum atomic E-state index is 12.4. The summed E-state index contributed by atoms with van der Waals surface area (Å²) >= 11 is 1.68. The van der Waals surface area contributed by atoms with Gasteiger partial charge in [0.05, 0.1) is 4.75 Å². The summed E-state index contributed by atoms with van der Waals surface area (Å²) in [6.07, 6.45) is 3.73. The summed E-state index contributed by atoms with van der Waals surface area (Å²) in [4.78, 5) is 13.5. The fourth-order valence-electron chi connectivity index (χ4n) is 2.17. The van der Waals surface area contributed by atoms with Crippen LogP contribution in [0.2, 0.25) is 0 Å². The van der Waals surface area contributed by atoms with Crippen molar-refractivity contribution >= 4 is 17.5 Å². The molecule has 0 spiro atoms. The third-order valence-electron chi connectivity index (χ3n) is 3.19. The molecule has 2 rings (SSSR count). The van der Waals surface area contributed by atoms with E-state index in [9.17, 15) is 4.79 Å². The van der Waals surface area contributed by atoms with Crippen molar-refractivity contribution in [1.82, 2.24) is 0 Å². The molecule has 0 amide bonds. The SMILES string of the molecule is C=CCC(=O)C1(Sc2ccccc2)CCOCC1. The fourth-order valence-corrected chi connectivity index (χ4v) is 3.48. The van der Waals surface area contributed by atoms with Crippen LogP contribution in [0.25, 0.3) is 0 Å². The molecule has 96 valence electrons. The first-order valence-electron chi connectivity index (χ1n) is 6.23. The van der Waals surface area contributed by atoms with Crippen LogP contribution in [0.4, 0.5) is 0 Å². The van der Waals surface area contributed by atoms with E-state index in [1.165, 1.54) is 0 Å². The first kappa shape index (κ1) is 13.4. The van der Waals surface area contributed by atoms with Gasteiger partial charge in [-0.15, -0.1) is 18.3 Å². The number of carbonyl (C=O) groups is 1. The molecule has 1 aliphatic rings. The number of hydrogen-bond acceptors (Lipinski definition) is 3. The molecule has 3 heteroatoms. The molecular formula is C15H18O2S. The van der Waals surface area contributed by atoms with Crippen LogP contribution in [-0.2, 0) is 9.53 Å². The van der Waals surface area contributed by atoms with Gasteiger partial charge in [0.25, 0.3) is 0 Å². The highest BCUT2D eigenvalue weighted by atomic mass is 32.2. The predicted octanol–water partition coefficient (Wildman–Crippen LogP) is 3.47. The lowest BCUT2D eigenvalue weighted by Gasteiger charge is -2.35. The summed E-state index contributed by atoms with van der Waals surface area (Å²) < 4.78 is 5.07. The van der Waals surface area contributed by atoms with E-state index in [2.05, 4.69) is 18.7 Å². The highest BCUT2D eigenvalue weighted by molar-refractivity contribution is 8.01. The molecule has 0 N–H and O–H groups in total. The molecule has 1 saturated heterocycles. The van der Waals surface area contributed by atoms with Crippen molar-refractivity contribution in [1.29, 1.82) is 0 Å². The summed E-state index contributed by atoms with van der Waals surface area (Å²) in [5, 5.41) is 0. The Balaban J connectivity index is 2.19. The molecule has 0 aliphatic carbocycles.